The minimum atomic E-state index is -0.318. The molecule has 0 amide bonds. The molecule has 1 N–H and O–H groups in total. The van der Waals surface area contributed by atoms with E-state index in [0.717, 1.165) is 16.6 Å². The minimum absolute atomic E-state index is 0.318. The fourth-order valence-corrected chi connectivity index (χ4v) is 2.22. The van der Waals surface area contributed by atoms with Gasteiger partial charge >= 0.3 is 0 Å². The van der Waals surface area contributed by atoms with Gasteiger partial charge < -0.3 is 9.84 Å². The Bertz CT molecular complexity index is 578. The topological polar surface area (TPSA) is 51.0 Å². The molecule has 1 aromatic heterocycles. The van der Waals surface area contributed by atoms with Gasteiger partial charge in [0.15, 0.2) is 0 Å². The van der Waals surface area contributed by atoms with E-state index in [1.807, 2.05) is 39.0 Å². The van der Waals surface area contributed by atoms with E-state index in [2.05, 4.69) is 38.3 Å². The van der Waals surface area contributed by atoms with Gasteiger partial charge in [0.1, 0.15) is 0 Å². The summed E-state index contributed by atoms with van der Waals surface area (Å²) in [7, 11) is 0. The lowest BCUT2D eigenvalue weighted by molar-refractivity contribution is 0.272. The summed E-state index contributed by atoms with van der Waals surface area (Å²) in [6.07, 6.45) is 0. The van der Waals surface area contributed by atoms with E-state index in [-0.39, 0.29) is 5.54 Å². The Balaban J connectivity index is 2.33. The van der Waals surface area contributed by atoms with E-state index >= 15 is 0 Å². The molecule has 0 fully saturated rings. The zero-order chi connectivity index (χ0) is 14.0. The van der Waals surface area contributed by atoms with Crippen LogP contribution in [0.4, 0.5) is 0 Å². The number of hydrogen-bond donors (Lipinski definition) is 1. The SMILES string of the molecule is CCNC(C)(C)c1nc(-c2ccc(C)c(Br)c2)no1. The summed E-state index contributed by atoms with van der Waals surface area (Å²) in [5.41, 5.74) is 1.81. The average Bonchev–Trinajstić information content (AvgIpc) is 2.83. The zero-order valence-electron chi connectivity index (χ0n) is 11.6. The largest absolute Gasteiger partial charge is 0.337 e. The zero-order valence-corrected chi connectivity index (χ0v) is 13.2. The Hall–Kier alpha value is -1.20. The maximum absolute atomic E-state index is 5.37. The van der Waals surface area contributed by atoms with Gasteiger partial charge in [0.05, 0.1) is 5.54 Å². The third kappa shape index (κ3) is 3.04. The summed E-state index contributed by atoms with van der Waals surface area (Å²) in [5, 5.41) is 7.38. The van der Waals surface area contributed by atoms with Crippen LogP contribution in [0.3, 0.4) is 0 Å². The summed E-state index contributed by atoms with van der Waals surface area (Å²) < 4.78 is 6.41. The summed E-state index contributed by atoms with van der Waals surface area (Å²) in [6.45, 7) is 9.00. The highest BCUT2D eigenvalue weighted by atomic mass is 79.9. The van der Waals surface area contributed by atoms with Crippen LogP contribution >= 0.6 is 15.9 Å². The third-order valence-electron chi connectivity index (χ3n) is 3.01. The lowest BCUT2D eigenvalue weighted by Gasteiger charge is -2.20. The second-order valence-corrected chi connectivity index (χ2v) is 5.90. The molecule has 102 valence electrons. The molecule has 2 rings (SSSR count). The highest BCUT2D eigenvalue weighted by Gasteiger charge is 2.26. The predicted octanol–water partition coefficient (Wildman–Crippen LogP) is 3.65. The molecule has 0 saturated heterocycles. The van der Waals surface area contributed by atoms with Gasteiger partial charge in [-0.05, 0) is 38.9 Å². The van der Waals surface area contributed by atoms with E-state index < -0.39 is 0 Å². The summed E-state index contributed by atoms with van der Waals surface area (Å²) in [6, 6.07) is 6.03. The van der Waals surface area contributed by atoms with E-state index in [1.165, 1.54) is 5.56 Å². The molecule has 0 aliphatic rings. The van der Waals surface area contributed by atoms with Gasteiger partial charge in [0, 0.05) is 10.0 Å². The van der Waals surface area contributed by atoms with E-state index in [9.17, 15) is 0 Å². The highest BCUT2D eigenvalue weighted by molar-refractivity contribution is 9.10. The number of benzene rings is 1. The molecule has 1 heterocycles. The van der Waals surface area contributed by atoms with Crippen LogP contribution in [0.15, 0.2) is 27.2 Å². The standard InChI is InChI=1S/C14H18BrN3O/c1-5-16-14(3,4)13-17-12(18-19-13)10-7-6-9(2)11(15)8-10/h6-8,16H,5H2,1-4H3. The van der Waals surface area contributed by atoms with Crippen LogP contribution in [0.2, 0.25) is 0 Å². The second kappa shape index (κ2) is 5.43. The Kier molecular flexibility index (Phi) is 4.06. The van der Waals surface area contributed by atoms with Crippen molar-refractivity contribution in [2.24, 2.45) is 0 Å². The molecule has 0 radical (unpaired) electrons. The van der Waals surface area contributed by atoms with Crippen molar-refractivity contribution in [1.82, 2.24) is 15.5 Å². The lowest BCUT2D eigenvalue weighted by atomic mass is 10.1. The van der Waals surface area contributed by atoms with Gasteiger partial charge in [0.25, 0.3) is 0 Å². The number of halogens is 1. The van der Waals surface area contributed by atoms with Crippen molar-refractivity contribution in [3.63, 3.8) is 0 Å². The van der Waals surface area contributed by atoms with Crippen LogP contribution in [0, 0.1) is 6.92 Å². The van der Waals surface area contributed by atoms with Crippen molar-refractivity contribution < 1.29 is 4.52 Å². The first kappa shape index (κ1) is 14.2. The van der Waals surface area contributed by atoms with Crippen molar-refractivity contribution in [2.75, 3.05) is 6.54 Å². The molecule has 1 aromatic carbocycles. The fourth-order valence-electron chi connectivity index (χ4n) is 1.84. The van der Waals surface area contributed by atoms with Crippen LogP contribution in [0.1, 0.15) is 32.2 Å². The van der Waals surface area contributed by atoms with Crippen molar-refractivity contribution in [3.05, 3.63) is 34.1 Å². The van der Waals surface area contributed by atoms with Gasteiger partial charge in [0.2, 0.25) is 11.7 Å². The highest BCUT2D eigenvalue weighted by Crippen LogP contribution is 2.26. The first-order valence-corrected chi connectivity index (χ1v) is 7.09. The molecule has 4 nitrogen and oxygen atoms in total. The molecule has 0 atom stereocenters. The van der Waals surface area contributed by atoms with Crippen LogP contribution in [-0.2, 0) is 5.54 Å². The van der Waals surface area contributed by atoms with Gasteiger partial charge in [-0.1, -0.05) is 40.1 Å². The van der Waals surface area contributed by atoms with E-state index in [4.69, 9.17) is 4.52 Å². The van der Waals surface area contributed by atoms with Crippen LogP contribution in [0.25, 0.3) is 11.4 Å². The molecule has 0 saturated carbocycles. The number of rotatable bonds is 4. The van der Waals surface area contributed by atoms with Crippen molar-refractivity contribution in [2.45, 2.75) is 33.2 Å². The number of nitrogens with one attached hydrogen (secondary N) is 1. The number of aryl methyl sites for hydroxylation is 1. The lowest BCUT2D eigenvalue weighted by Crippen LogP contribution is -2.36. The number of hydrogen-bond acceptors (Lipinski definition) is 4. The molecule has 0 aliphatic carbocycles. The molecule has 0 spiro atoms. The molecule has 2 aromatic rings. The van der Waals surface area contributed by atoms with Crippen LogP contribution < -0.4 is 5.32 Å². The van der Waals surface area contributed by atoms with Crippen LogP contribution in [0.5, 0.6) is 0 Å². The first-order chi connectivity index (χ1) is 8.94. The Morgan fingerprint density at radius 1 is 1.37 bits per heavy atom. The van der Waals surface area contributed by atoms with Gasteiger partial charge in [-0.2, -0.15) is 4.98 Å². The molecule has 5 heteroatoms. The molecule has 0 aliphatic heterocycles. The Morgan fingerprint density at radius 2 is 2.11 bits per heavy atom. The Morgan fingerprint density at radius 3 is 2.74 bits per heavy atom. The van der Waals surface area contributed by atoms with E-state index in [1.54, 1.807) is 0 Å². The normalized spacial score (nSPS) is 11.8. The summed E-state index contributed by atoms with van der Waals surface area (Å²) >= 11 is 3.52. The quantitative estimate of drug-likeness (QED) is 0.933. The second-order valence-electron chi connectivity index (χ2n) is 5.04. The number of aromatic nitrogens is 2. The Labute approximate surface area is 121 Å². The van der Waals surface area contributed by atoms with Crippen molar-refractivity contribution in [1.29, 1.82) is 0 Å². The fraction of sp³-hybridized carbons (Fsp3) is 0.429. The van der Waals surface area contributed by atoms with Gasteiger partial charge in [-0.25, -0.2) is 0 Å². The maximum atomic E-state index is 5.37. The smallest absolute Gasteiger partial charge is 0.246 e. The van der Waals surface area contributed by atoms with Crippen molar-refractivity contribution in [3.8, 4) is 11.4 Å². The third-order valence-corrected chi connectivity index (χ3v) is 3.86. The van der Waals surface area contributed by atoms with Gasteiger partial charge in [-0.3, -0.25) is 0 Å². The molecule has 0 unspecified atom stereocenters. The molecule has 0 bridgehead atoms. The average molecular weight is 324 g/mol. The first-order valence-electron chi connectivity index (χ1n) is 6.30. The van der Waals surface area contributed by atoms with Crippen LogP contribution in [-0.4, -0.2) is 16.7 Å². The van der Waals surface area contributed by atoms with E-state index in [0.29, 0.717) is 11.7 Å². The van der Waals surface area contributed by atoms with Crippen molar-refractivity contribution >= 4 is 15.9 Å². The summed E-state index contributed by atoms with van der Waals surface area (Å²) in [5.74, 6) is 1.21. The van der Waals surface area contributed by atoms with Gasteiger partial charge in [-0.15, -0.1) is 0 Å². The number of nitrogens with zero attached hydrogens (tertiary/aromatic N) is 2. The summed E-state index contributed by atoms with van der Waals surface area (Å²) in [4.78, 5) is 4.48. The minimum Gasteiger partial charge on any atom is -0.337 e. The predicted molar refractivity (Wildman–Crippen MR) is 78.9 cm³/mol. The molecular formula is C14H18BrN3O. The monoisotopic (exact) mass is 323 g/mol. The molecular weight excluding hydrogens is 306 g/mol. The molecule has 19 heavy (non-hydrogen) atoms. The maximum Gasteiger partial charge on any atom is 0.246 e.